The summed E-state index contributed by atoms with van der Waals surface area (Å²) in [6.07, 6.45) is 3.30. The summed E-state index contributed by atoms with van der Waals surface area (Å²) in [5, 5.41) is 0. The van der Waals surface area contributed by atoms with Crippen LogP contribution in [0.4, 0.5) is 0 Å². The third-order valence-electron chi connectivity index (χ3n) is 5.22. The second kappa shape index (κ2) is 6.61. The maximum atomic E-state index is 13.0. The van der Waals surface area contributed by atoms with E-state index in [1.807, 2.05) is 29.7 Å². The minimum Gasteiger partial charge on any atom is -0.345 e. The van der Waals surface area contributed by atoms with Gasteiger partial charge in [0, 0.05) is 49.5 Å². The third-order valence-corrected chi connectivity index (χ3v) is 5.22. The van der Waals surface area contributed by atoms with Gasteiger partial charge in [0.2, 0.25) is 5.91 Å². The molecular formula is C19H29N3O2. The van der Waals surface area contributed by atoms with Crippen LogP contribution < -0.4 is 0 Å². The number of aromatic nitrogens is 1. The molecule has 1 aliphatic heterocycles. The van der Waals surface area contributed by atoms with Crippen LogP contribution in [-0.4, -0.2) is 52.4 Å². The fraction of sp³-hybridized carbons (Fsp3) is 0.684. The first-order chi connectivity index (χ1) is 11.4. The maximum absolute atomic E-state index is 13.0. The van der Waals surface area contributed by atoms with Gasteiger partial charge in [-0.15, -0.1) is 0 Å². The zero-order valence-electron chi connectivity index (χ0n) is 15.3. The van der Waals surface area contributed by atoms with Crippen LogP contribution in [0, 0.1) is 19.8 Å². The number of hydrogen-bond acceptors (Lipinski definition) is 2. The fourth-order valence-electron chi connectivity index (χ4n) is 3.76. The van der Waals surface area contributed by atoms with Gasteiger partial charge in [-0.25, -0.2) is 0 Å². The first-order valence-corrected chi connectivity index (χ1v) is 9.16. The third kappa shape index (κ3) is 3.21. The summed E-state index contributed by atoms with van der Waals surface area (Å²) in [6, 6.07) is 2.63. The van der Waals surface area contributed by atoms with Gasteiger partial charge in [0.25, 0.3) is 5.91 Å². The Labute approximate surface area is 144 Å². The molecule has 1 aromatic heterocycles. The average Bonchev–Trinajstić information content (AvgIpc) is 3.34. The molecule has 132 valence electrons. The highest BCUT2D eigenvalue weighted by molar-refractivity contribution is 5.95. The standard InChI is InChI=1S/C19H29N3O2/c1-13(2)18(23)20-8-5-9-21(11-10-20)19(24)17-12-14(3)22(15(17)4)16-6-7-16/h12-13,16H,5-11H2,1-4H3. The van der Waals surface area contributed by atoms with Crippen LogP contribution >= 0.6 is 0 Å². The van der Waals surface area contributed by atoms with Gasteiger partial charge in [0.1, 0.15) is 0 Å². The predicted octanol–water partition coefficient (Wildman–Crippen LogP) is 2.77. The molecule has 2 amide bonds. The Hall–Kier alpha value is -1.78. The maximum Gasteiger partial charge on any atom is 0.255 e. The highest BCUT2D eigenvalue weighted by Crippen LogP contribution is 2.38. The van der Waals surface area contributed by atoms with Crippen molar-refractivity contribution in [3.63, 3.8) is 0 Å². The molecule has 0 spiro atoms. The quantitative estimate of drug-likeness (QED) is 0.855. The summed E-state index contributed by atoms with van der Waals surface area (Å²) in [5.41, 5.74) is 3.12. The van der Waals surface area contributed by atoms with E-state index in [9.17, 15) is 9.59 Å². The predicted molar refractivity (Wildman–Crippen MR) is 94.1 cm³/mol. The van der Waals surface area contributed by atoms with E-state index >= 15 is 0 Å². The molecule has 5 nitrogen and oxygen atoms in total. The van der Waals surface area contributed by atoms with E-state index in [1.165, 1.54) is 18.5 Å². The summed E-state index contributed by atoms with van der Waals surface area (Å²) in [6.45, 7) is 10.8. The summed E-state index contributed by atoms with van der Waals surface area (Å²) in [7, 11) is 0. The highest BCUT2D eigenvalue weighted by Gasteiger charge is 2.30. The molecule has 0 N–H and O–H groups in total. The molecule has 0 bridgehead atoms. The number of carbonyl (C=O) groups excluding carboxylic acids is 2. The van der Waals surface area contributed by atoms with E-state index < -0.39 is 0 Å². The highest BCUT2D eigenvalue weighted by atomic mass is 16.2. The van der Waals surface area contributed by atoms with Crippen LogP contribution in [0.25, 0.3) is 0 Å². The Kier molecular flexibility index (Phi) is 4.70. The lowest BCUT2D eigenvalue weighted by Crippen LogP contribution is -2.39. The van der Waals surface area contributed by atoms with Gasteiger partial charge >= 0.3 is 0 Å². The van der Waals surface area contributed by atoms with Gasteiger partial charge in [-0.1, -0.05) is 13.8 Å². The molecule has 0 radical (unpaired) electrons. The van der Waals surface area contributed by atoms with E-state index in [0.29, 0.717) is 19.1 Å². The van der Waals surface area contributed by atoms with Crippen molar-refractivity contribution in [2.24, 2.45) is 5.92 Å². The Bertz CT molecular complexity index is 643. The molecule has 2 fully saturated rings. The second-order valence-electron chi connectivity index (χ2n) is 7.51. The van der Waals surface area contributed by atoms with Crippen molar-refractivity contribution in [3.05, 3.63) is 23.0 Å². The van der Waals surface area contributed by atoms with Crippen molar-refractivity contribution >= 4 is 11.8 Å². The summed E-state index contributed by atoms with van der Waals surface area (Å²) in [4.78, 5) is 29.0. The average molecular weight is 331 g/mol. The molecule has 3 rings (SSSR count). The first-order valence-electron chi connectivity index (χ1n) is 9.16. The van der Waals surface area contributed by atoms with Crippen molar-refractivity contribution in [3.8, 4) is 0 Å². The Morgan fingerprint density at radius 1 is 1.04 bits per heavy atom. The molecule has 1 saturated carbocycles. The number of rotatable bonds is 3. The monoisotopic (exact) mass is 331 g/mol. The molecule has 1 aromatic rings. The fourth-order valence-corrected chi connectivity index (χ4v) is 3.76. The molecule has 0 atom stereocenters. The summed E-state index contributed by atoms with van der Waals surface area (Å²) in [5.74, 6) is 0.328. The Balaban J connectivity index is 1.72. The topological polar surface area (TPSA) is 45.6 Å². The lowest BCUT2D eigenvalue weighted by molar-refractivity contribution is -0.134. The van der Waals surface area contributed by atoms with E-state index in [4.69, 9.17) is 0 Å². The van der Waals surface area contributed by atoms with Gasteiger partial charge in [-0.3, -0.25) is 9.59 Å². The van der Waals surface area contributed by atoms with Crippen molar-refractivity contribution in [2.45, 2.75) is 53.0 Å². The number of carbonyl (C=O) groups is 2. The van der Waals surface area contributed by atoms with Crippen molar-refractivity contribution in [1.82, 2.24) is 14.4 Å². The molecule has 2 aliphatic rings. The molecule has 1 aliphatic carbocycles. The number of hydrogen-bond donors (Lipinski definition) is 0. The molecule has 0 aromatic carbocycles. The second-order valence-corrected chi connectivity index (χ2v) is 7.51. The number of nitrogens with zero attached hydrogens (tertiary/aromatic N) is 3. The minimum absolute atomic E-state index is 0.0183. The van der Waals surface area contributed by atoms with Crippen molar-refractivity contribution in [1.29, 1.82) is 0 Å². The van der Waals surface area contributed by atoms with Crippen LogP contribution in [0.3, 0.4) is 0 Å². The lowest BCUT2D eigenvalue weighted by Gasteiger charge is -2.23. The van der Waals surface area contributed by atoms with Gasteiger partial charge in [-0.2, -0.15) is 0 Å². The molecule has 2 heterocycles. The summed E-state index contributed by atoms with van der Waals surface area (Å²) < 4.78 is 2.32. The SMILES string of the molecule is Cc1cc(C(=O)N2CCCN(C(=O)C(C)C)CC2)c(C)n1C1CC1. The van der Waals surface area contributed by atoms with Crippen molar-refractivity contribution in [2.75, 3.05) is 26.2 Å². The minimum atomic E-state index is 0.0183. The Morgan fingerprint density at radius 3 is 2.29 bits per heavy atom. The Morgan fingerprint density at radius 2 is 1.67 bits per heavy atom. The molecule has 0 unspecified atom stereocenters. The molecule has 24 heavy (non-hydrogen) atoms. The van der Waals surface area contributed by atoms with Crippen molar-refractivity contribution < 1.29 is 9.59 Å². The van der Waals surface area contributed by atoms with E-state index in [1.54, 1.807) is 0 Å². The van der Waals surface area contributed by atoms with Crippen LogP contribution in [0.15, 0.2) is 6.07 Å². The van der Waals surface area contributed by atoms with Gasteiger partial charge in [0.05, 0.1) is 5.56 Å². The van der Waals surface area contributed by atoms with Crippen LogP contribution in [0.2, 0.25) is 0 Å². The van der Waals surface area contributed by atoms with Crippen LogP contribution in [0.1, 0.15) is 60.9 Å². The van der Waals surface area contributed by atoms with E-state index in [-0.39, 0.29) is 17.7 Å². The van der Waals surface area contributed by atoms with Gasteiger partial charge in [-0.05, 0) is 39.2 Å². The van der Waals surface area contributed by atoms with E-state index in [0.717, 1.165) is 30.8 Å². The van der Waals surface area contributed by atoms with Gasteiger partial charge in [0.15, 0.2) is 0 Å². The smallest absolute Gasteiger partial charge is 0.255 e. The lowest BCUT2D eigenvalue weighted by atomic mass is 10.2. The van der Waals surface area contributed by atoms with Crippen LogP contribution in [0.5, 0.6) is 0 Å². The molecule has 5 heteroatoms. The zero-order chi connectivity index (χ0) is 17.4. The number of amides is 2. The normalized spacial score (nSPS) is 18.9. The van der Waals surface area contributed by atoms with E-state index in [2.05, 4.69) is 18.4 Å². The van der Waals surface area contributed by atoms with Gasteiger partial charge < -0.3 is 14.4 Å². The largest absolute Gasteiger partial charge is 0.345 e. The first kappa shape index (κ1) is 17.1. The summed E-state index contributed by atoms with van der Waals surface area (Å²) >= 11 is 0. The number of aryl methyl sites for hydroxylation is 1. The zero-order valence-corrected chi connectivity index (χ0v) is 15.3. The van der Waals surface area contributed by atoms with Crippen LogP contribution in [-0.2, 0) is 4.79 Å². The molecular weight excluding hydrogens is 302 g/mol. The molecule has 1 saturated heterocycles.